The van der Waals surface area contributed by atoms with E-state index in [2.05, 4.69) is 5.48 Å². The van der Waals surface area contributed by atoms with Crippen molar-refractivity contribution in [2.45, 2.75) is 46.3 Å². The molecule has 4 nitrogen and oxygen atoms in total. The van der Waals surface area contributed by atoms with Crippen molar-refractivity contribution < 1.29 is 14.4 Å². The SMILES string of the molecule is CON[C@H](C(=O)OC(C)(C)C)C(C)C. The summed E-state index contributed by atoms with van der Waals surface area (Å²) in [5.74, 6) is -0.154. The lowest BCUT2D eigenvalue weighted by Crippen LogP contribution is -2.44. The topological polar surface area (TPSA) is 47.6 Å². The predicted molar refractivity (Wildman–Crippen MR) is 54.6 cm³/mol. The second-order valence-electron chi connectivity index (χ2n) is 4.58. The summed E-state index contributed by atoms with van der Waals surface area (Å²) in [6.07, 6.45) is 0. The van der Waals surface area contributed by atoms with E-state index in [1.807, 2.05) is 34.6 Å². The van der Waals surface area contributed by atoms with E-state index in [0.717, 1.165) is 0 Å². The number of nitrogens with one attached hydrogen (secondary N) is 1. The minimum absolute atomic E-state index is 0.129. The molecular weight excluding hydrogens is 182 g/mol. The monoisotopic (exact) mass is 203 g/mol. The maximum atomic E-state index is 11.6. The highest BCUT2D eigenvalue weighted by atomic mass is 16.6. The van der Waals surface area contributed by atoms with Crippen LogP contribution < -0.4 is 5.48 Å². The smallest absolute Gasteiger partial charge is 0.326 e. The number of carbonyl (C=O) groups excluding carboxylic acids is 1. The lowest BCUT2D eigenvalue weighted by atomic mass is 10.1. The molecular formula is C10H21NO3. The molecule has 0 saturated carbocycles. The quantitative estimate of drug-likeness (QED) is 0.555. The lowest BCUT2D eigenvalue weighted by molar-refractivity contribution is -0.163. The van der Waals surface area contributed by atoms with Gasteiger partial charge in [-0.3, -0.25) is 4.79 Å². The van der Waals surface area contributed by atoms with Gasteiger partial charge < -0.3 is 9.57 Å². The van der Waals surface area contributed by atoms with Gasteiger partial charge in [-0.15, -0.1) is 0 Å². The van der Waals surface area contributed by atoms with Gasteiger partial charge in [-0.2, -0.15) is 5.48 Å². The van der Waals surface area contributed by atoms with Crippen molar-refractivity contribution in [3.63, 3.8) is 0 Å². The Kier molecular flexibility index (Phi) is 5.08. The molecule has 0 aliphatic heterocycles. The molecule has 0 aromatic rings. The molecule has 0 fully saturated rings. The second kappa shape index (κ2) is 5.32. The molecule has 0 heterocycles. The maximum Gasteiger partial charge on any atom is 0.326 e. The van der Waals surface area contributed by atoms with Crippen LogP contribution in [0.3, 0.4) is 0 Å². The fourth-order valence-corrected chi connectivity index (χ4v) is 0.949. The van der Waals surface area contributed by atoms with Crippen molar-refractivity contribution in [1.29, 1.82) is 0 Å². The van der Waals surface area contributed by atoms with Crippen molar-refractivity contribution in [2.24, 2.45) is 5.92 Å². The molecule has 1 N–H and O–H groups in total. The Morgan fingerprint density at radius 3 is 2.07 bits per heavy atom. The highest BCUT2D eigenvalue weighted by Crippen LogP contribution is 2.12. The highest BCUT2D eigenvalue weighted by molar-refractivity contribution is 5.76. The molecule has 0 aromatic carbocycles. The van der Waals surface area contributed by atoms with E-state index in [1.54, 1.807) is 0 Å². The lowest BCUT2D eigenvalue weighted by Gasteiger charge is -2.25. The van der Waals surface area contributed by atoms with Crippen molar-refractivity contribution in [2.75, 3.05) is 7.11 Å². The Morgan fingerprint density at radius 1 is 1.29 bits per heavy atom. The van der Waals surface area contributed by atoms with Crippen LogP contribution in [-0.2, 0) is 14.4 Å². The van der Waals surface area contributed by atoms with Gasteiger partial charge in [-0.05, 0) is 26.7 Å². The van der Waals surface area contributed by atoms with E-state index < -0.39 is 11.6 Å². The van der Waals surface area contributed by atoms with Crippen molar-refractivity contribution in [1.82, 2.24) is 5.48 Å². The molecule has 0 amide bonds. The first kappa shape index (κ1) is 13.4. The van der Waals surface area contributed by atoms with Crippen LogP contribution in [0.5, 0.6) is 0 Å². The minimum atomic E-state index is -0.459. The zero-order chi connectivity index (χ0) is 11.4. The third-order valence-corrected chi connectivity index (χ3v) is 1.57. The molecule has 14 heavy (non-hydrogen) atoms. The molecule has 0 bridgehead atoms. The Morgan fingerprint density at radius 2 is 1.79 bits per heavy atom. The number of ether oxygens (including phenoxy) is 1. The van der Waals surface area contributed by atoms with E-state index in [-0.39, 0.29) is 11.9 Å². The van der Waals surface area contributed by atoms with Gasteiger partial charge in [0.2, 0.25) is 0 Å². The average Bonchev–Trinajstić information content (AvgIpc) is 1.95. The van der Waals surface area contributed by atoms with Crippen LogP contribution in [0, 0.1) is 5.92 Å². The van der Waals surface area contributed by atoms with Crippen LogP contribution in [0.2, 0.25) is 0 Å². The molecule has 4 heteroatoms. The van der Waals surface area contributed by atoms with Crippen LogP contribution >= 0.6 is 0 Å². The Labute approximate surface area is 85.9 Å². The van der Waals surface area contributed by atoms with Gasteiger partial charge in [0.25, 0.3) is 0 Å². The zero-order valence-corrected chi connectivity index (χ0v) is 9.88. The van der Waals surface area contributed by atoms with Crippen LogP contribution in [-0.4, -0.2) is 24.7 Å². The van der Waals surface area contributed by atoms with E-state index in [0.29, 0.717) is 0 Å². The standard InChI is InChI=1S/C10H21NO3/c1-7(2)8(11-13-6)9(12)14-10(3,4)5/h7-8,11H,1-6H3/t8-/m0/s1. The third kappa shape index (κ3) is 5.19. The Hall–Kier alpha value is -0.610. The number of hydroxylamine groups is 1. The van der Waals surface area contributed by atoms with Gasteiger partial charge >= 0.3 is 5.97 Å². The van der Waals surface area contributed by atoms with Crippen molar-refractivity contribution in [3.8, 4) is 0 Å². The van der Waals surface area contributed by atoms with Crippen LogP contribution in [0.1, 0.15) is 34.6 Å². The van der Waals surface area contributed by atoms with Gasteiger partial charge in [0, 0.05) is 0 Å². The molecule has 0 rings (SSSR count). The van der Waals surface area contributed by atoms with Crippen LogP contribution in [0.15, 0.2) is 0 Å². The van der Waals surface area contributed by atoms with Gasteiger partial charge in [0.05, 0.1) is 7.11 Å². The first-order valence-electron chi connectivity index (χ1n) is 4.79. The summed E-state index contributed by atoms with van der Waals surface area (Å²) in [5.41, 5.74) is 2.17. The first-order valence-corrected chi connectivity index (χ1v) is 4.79. The largest absolute Gasteiger partial charge is 0.459 e. The number of esters is 1. The number of hydrogen-bond acceptors (Lipinski definition) is 4. The summed E-state index contributed by atoms with van der Waals surface area (Å²) in [6.45, 7) is 9.39. The van der Waals surface area contributed by atoms with Gasteiger partial charge in [0.1, 0.15) is 11.6 Å². The van der Waals surface area contributed by atoms with Crippen LogP contribution in [0.25, 0.3) is 0 Å². The Balaban J connectivity index is 4.30. The molecule has 84 valence electrons. The number of carbonyl (C=O) groups is 1. The maximum absolute atomic E-state index is 11.6. The third-order valence-electron chi connectivity index (χ3n) is 1.57. The molecule has 0 unspecified atom stereocenters. The first-order chi connectivity index (χ1) is 6.28. The average molecular weight is 203 g/mol. The number of rotatable bonds is 4. The van der Waals surface area contributed by atoms with Crippen LogP contribution in [0.4, 0.5) is 0 Å². The molecule has 0 spiro atoms. The van der Waals surface area contributed by atoms with Gasteiger partial charge in [-0.25, -0.2) is 0 Å². The Bertz CT molecular complexity index is 184. The summed E-state index contributed by atoms with van der Waals surface area (Å²) in [7, 11) is 1.49. The van der Waals surface area contributed by atoms with Crippen molar-refractivity contribution in [3.05, 3.63) is 0 Å². The van der Waals surface area contributed by atoms with E-state index in [1.165, 1.54) is 7.11 Å². The fourth-order valence-electron chi connectivity index (χ4n) is 0.949. The summed E-state index contributed by atoms with van der Waals surface area (Å²) in [5, 5.41) is 0. The van der Waals surface area contributed by atoms with Crippen molar-refractivity contribution >= 4 is 5.97 Å². The van der Waals surface area contributed by atoms with Gasteiger partial charge in [-0.1, -0.05) is 13.8 Å². The second-order valence-corrected chi connectivity index (χ2v) is 4.58. The summed E-state index contributed by atoms with van der Waals surface area (Å²) >= 11 is 0. The molecule has 0 saturated heterocycles. The van der Waals surface area contributed by atoms with E-state index >= 15 is 0 Å². The molecule has 0 aliphatic rings. The molecule has 0 aliphatic carbocycles. The summed E-state index contributed by atoms with van der Waals surface area (Å²) in [6, 6.07) is -0.417. The minimum Gasteiger partial charge on any atom is -0.459 e. The normalized spacial score (nSPS) is 14.2. The molecule has 0 radical (unpaired) electrons. The zero-order valence-electron chi connectivity index (χ0n) is 9.88. The predicted octanol–water partition coefficient (Wildman–Crippen LogP) is 1.50. The molecule has 1 atom stereocenters. The van der Waals surface area contributed by atoms with E-state index in [4.69, 9.17) is 9.57 Å². The van der Waals surface area contributed by atoms with Gasteiger partial charge in [0.15, 0.2) is 0 Å². The summed E-state index contributed by atoms with van der Waals surface area (Å²) < 4.78 is 5.23. The number of hydrogen-bond donors (Lipinski definition) is 1. The summed E-state index contributed by atoms with van der Waals surface area (Å²) in [4.78, 5) is 16.4. The highest BCUT2D eigenvalue weighted by Gasteiger charge is 2.27. The fraction of sp³-hybridized carbons (Fsp3) is 0.900. The van der Waals surface area contributed by atoms with E-state index in [9.17, 15) is 4.79 Å². The molecule has 0 aromatic heterocycles.